The van der Waals surface area contributed by atoms with Crippen molar-refractivity contribution in [1.29, 1.82) is 0 Å². The van der Waals surface area contributed by atoms with E-state index >= 15 is 0 Å². The van der Waals surface area contributed by atoms with Crippen molar-refractivity contribution in [2.75, 3.05) is 18.8 Å². The molecule has 2 aromatic rings. The van der Waals surface area contributed by atoms with E-state index in [1.807, 2.05) is 18.7 Å². The Hall–Kier alpha value is -1.95. The van der Waals surface area contributed by atoms with E-state index in [-0.39, 0.29) is 12.0 Å². The van der Waals surface area contributed by atoms with E-state index in [9.17, 15) is 4.79 Å². The lowest BCUT2D eigenvalue weighted by molar-refractivity contribution is -0.130. The summed E-state index contributed by atoms with van der Waals surface area (Å²) in [6.07, 6.45) is 1.95. The fourth-order valence-electron chi connectivity index (χ4n) is 3.41. The van der Waals surface area contributed by atoms with Crippen LogP contribution in [0, 0.1) is 27.7 Å². The Morgan fingerprint density at radius 2 is 1.89 bits per heavy atom. The third kappa shape index (κ3) is 4.86. The standard InChI is InChI=1S/C21H28N2O3S/c1-14-6-5-7-15(2)21(14)25-18-8-10-23(11-9-18)20(24)13-27-12-19-16(3)22-26-17(19)4/h5-7,18H,8-13H2,1-4H3. The van der Waals surface area contributed by atoms with Crippen LogP contribution in [0.4, 0.5) is 0 Å². The lowest BCUT2D eigenvalue weighted by Gasteiger charge is -2.32. The Balaban J connectivity index is 1.44. The summed E-state index contributed by atoms with van der Waals surface area (Å²) >= 11 is 1.63. The number of rotatable bonds is 6. The summed E-state index contributed by atoms with van der Waals surface area (Å²) in [5.41, 5.74) is 4.36. The van der Waals surface area contributed by atoms with Gasteiger partial charge in [-0.2, -0.15) is 0 Å². The summed E-state index contributed by atoms with van der Waals surface area (Å²) in [5, 5.41) is 3.96. The van der Waals surface area contributed by atoms with Crippen LogP contribution in [0.3, 0.4) is 0 Å². The molecule has 1 saturated heterocycles. The molecule has 3 rings (SSSR count). The van der Waals surface area contributed by atoms with Crippen LogP contribution in [0.25, 0.3) is 0 Å². The van der Waals surface area contributed by atoms with Crippen LogP contribution >= 0.6 is 11.8 Å². The van der Waals surface area contributed by atoms with Gasteiger partial charge in [-0.25, -0.2) is 0 Å². The molecule has 0 atom stereocenters. The number of hydrogen-bond donors (Lipinski definition) is 0. The van der Waals surface area contributed by atoms with Crippen molar-refractivity contribution in [3.63, 3.8) is 0 Å². The number of para-hydroxylation sites is 1. The van der Waals surface area contributed by atoms with Gasteiger partial charge >= 0.3 is 0 Å². The Morgan fingerprint density at radius 1 is 1.22 bits per heavy atom. The van der Waals surface area contributed by atoms with Crippen molar-refractivity contribution in [3.8, 4) is 5.75 Å². The molecule has 0 N–H and O–H groups in total. The minimum absolute atomic E-state index is 0.184. The Labute approximate surface area is 165 Å². The van der Waals surface area contributed by atoms with E-state index in [1.165, 1.54) is 11.1 Å². The van der Waals surface area contributed by atoms with Gasteiger partial charge in [0.1, 0.15) is 17.6 Å². The molecular weight excluding hydrogens is 360 g/mol. The number of nitrogens with zero attached hydrogens (tertiary/aromatic N) is 2. The van der Waals surface area contributed by atoms with Gasteiger partial charge in [-0.05, 0) is 38.8 Å². The van der Waals surface area contributed by atoms with Gasteiger partial charge < -0.3 is 14.2 Å². The maximum absolute atomic E-state index is 12.5. The minimum Gasteiger partial charge on any atom is -0.490 e. The number of ether oxygens (including phenoxy) is 1. The van der Waals surface area contributed by atoms with E-state index in [0.29, 0.717) is 5.75 Å². The SMILES string of the molecule is Cc1cccc(C)c1OC1CCN(C(=O)CSCc2c(C)noc2C)CC1. The first-order valence-corrected chi connectivity index (χ1v) is 10.6. The van der Waals surface area contributed by atoms with Crippen molar-refractivity contribution in [3.05, 3.63) is 46.3 Å². The molecule has 1 aliphatic heterocycles. The molecule has 0 saturated carbocycles. The molecule has 2 heterocycles. The Kier molecular flexibility index (Phi) is 6.47. The Bertz CT molecular complexity index is 755. The third-order valence-electron chi connectivity index (χ3n) is 5.14. The Morgan fingerprint density at radius 3 is 2.48 bits per heavy atom. The third-order valence-corrected chi connectivity index (χ3v) is 6.08. The monoisotopic (exact) mass is 388 g/mol. The zero-order valence-corrected chi connectivity index (χ0v) is 17.4. The van der Waals surface area contributed by atoms with Gasteiger partial charge in [0, 0.05) is 37.2 Å². The van der Waals surface area contributed by atoms with Gasteiger partial charge in [-0.3, -0.25) is 4.79 Å². The number of aryl methyl sites for hydroxylation is 4. The van der Waals surface area contributed by atoms with E-state index in [0.717, 1.165) is 54.5 Å². The van der Waals surface area contributed by atoms with Crippen molar-refractivity contribution in [2.24, 2.45) is 0 Å². The second-order valence-corrected chi connectivity index (χ2v) is 8.20. The van der Waals surface area contributed by atoms with E-state index < -0.39 is 0 Å². The molecule has 1 aliphatic rings. The second kappa shape index (κ2) is 8.83. The van der Waals surface area contributed by atoms with Crippen LogP contribution in [0.1, 0.15) is 41.0 Å². The van der Waals surface area contributed by atoms with Gasteiger partial charge in [-0.15, -0.1) is 11.8 Å². The zero-order valence-electron chi connectivity index (χ0n) is 16.6. The molecule has 6 heteroatoms. The largest absolute Gasteiger partial charge is 0.490 e. The molecule has 0 bridgehead atoms. The number of benzene rings is 1. The molecular formula is C21H28N2O3S. The highest BCUT2D eigenvalue weighted by Crippen LogP contribution is 2.27. The van der Waals surface area contributed by atoms with Gasteiger partial charge in [0.15, 0.2) is 0 Å². The molecule has 5 nitrogen and oxygen atoms in total. The number of thioether (sulfide) groups is 1. The van der Waals surface area contributed by atoms with Gasteiger partial charge in [0.25, 0.3) is 0 Å². The van der Waals surface area contributed by atoms with E-state index in [4.69, 9.17) is 9.26 Å². The highest BCUT2D eigenvalue weighted by molar-refractivity contribution is 7.99. The highest BCUT2D eigenvalue weighted by Gasteiger charge is 2.24. The molecule has 0 spiro atoms. The fraction of sp³-hybridized carbons (Fsp3) is 0.524. The van der Waals surface area contributed by atoms with Crippen LogP contribution in [0.5, 0.6) is 5.75 Å². The van der Waals surface area contributed by atoms with E-state index in [2.05, 4.69) is 37.2 Å². The van der Waals surface area contributed by atoms with Gasteiger partial charge in [0.05, 0.1) is 11.4 Å². The van der Waals surface area contributed by atoms with Crippen molar-refractivity contribution in [1.82, 2.24) is 10.1 Å². The second-order valence-electron chi connectivity index (χ2n) is 7.21. The molecule has 1 aromatic heterocycles. The summed E-state index contributed by atoms with van der Waals surface area (Å²) in [7, 11) is 0. The molecule has 0 aliphatic carbocycles. The van der Waals surface area contributed by atoms with Gasteiger partial charge in [-0.1, -0.05) is 23.4 Å². The first kappa shape index (κ1) is 19.8. The molecule has 0 unspecified atom stereocenters. The molecule has 146 valence electrons. The number of carbonyl (C=O) groups is 1. The number of likely N-dealkylation sites (tertiary alicyclic amines) is 1. The van der Waals surface area contributed by atoms with Gasteiger partial charge in [0.2, 0.25) is 5.91 Å². The van der Waals surface area contributed by atoms with Crippen LogP contribution < -0.4 is 4.74 Å². The smallest absolute Gasteiger partial charge is 0.232 e. The number of hydrogen-bond acceptors (Lipinski definition) is 5. The van der Waals surface area contributed by atoms with Crippen LogP contribution in [-0.4, -0.2) is 40.9 Å². The van der Waals surface area contributed by atoms with Crippen LogP contribution in [-0.2, 0) is 10.5 Å². The summed E-state index contributed by atoms with van der Waals surface area (Å²) in [6, 6.07) is 6.22. The summed E-state index contributed by atoms with van der Waals surface area (Å²) in [6.45, 7) is 9.54. The van der Waals surface area contributed by atoms with Crippen molar-refractivity contribution < 1.29 is 14.1 Å². The van der Waals surface area contributed by atoms with E-state index in [1.54, 1.807) is 11.8 Å². The molecule has 27 heavy (non-hydrogen) atoms. The summed E-state index contributed by atoms with van der Waals surface area (Å²) < 4.78 is 11.4. The summed E-state index contributed by atoms with van der Waals surface area (Å²) in [5.74, 6) is 3.30. The average molecular weight is 389 g/mol. The first-order chi connectivity index (χ1) is 13.0. The highest BCUT2D eigenvalue weighted by atomic mass is 32.2. The lowest BCUT2D eigenvalue weighted by Crippen LogP contribution is -2.42. The normalized spacial score (nSPS) is 15.2. The zero-order chi connectivity index (χ0) is 19.4. The topological polar surface area (TPSA) is 55.6 Å². The molecule has 1 aromatic carbocycles. The quantitative estimate of drug-likeness (QED) is 0.742. The van der Waals surface area contributed by atoms with Crippen LogP contribution in [0.2, 0.25) is 0 Å². The molecule has 1 fully saturated rings. The number of aromatic nitrogens is 1. The molecule has 1 amide bonds. The van der Waals surface area contributed by atoms with Crippen molar-refractivity contribution >= 4 is 17.7 Å². The fourth-order valence-corrected chi connectivity index (χ4v) is 4.49. The van der Waals surface area contributed by atoms with Crippen LogP contribution in [0.15, 0.2) is 22.7 Å². The predicted molar refractivity (Wildman–Crippen MR) is 108 cm³/mol. The predicted octanol–water partition coefficient (Wildman–Crippen LogP) is 4.21. The summed E-state index contributed by atoms with van der Waals surface area (Å²) in [4.78, 5) is 14.5. The number of piperidine rings is 1. The number of carbonyl (C=O) groups excluding carboxylic acids is 1. The van der Waals surface area contributed by atoms with Crippen molar-refractivity contribution in [2.45, 2.75) is 52.4 Å². The maximum Gasteiger partial charge on any atom is 0.232 e. The lowest BCUT2D eigenvalue weighted by atomic mass is 10.1. The maximum atomic E-state index is 12.5. The molecule has 0 radical (unpaired) electrons. The average Bonchev–Trinajstić information content (AvgIpc) is 2.97. The first-order valence-electron chi connectivity index (χ1n) is 9.46. The number of amides is 1. The minimum atomic E-state index is 0.184.